The van der Waals surface area contributed by atoms with Gasteiger partial charge in [-0.3, -0.25) is 4.79 Å². The van der Waals surface area contributed by atoms with Crippen LogP contribution in [0.3, 0.4) is 0 Å². The molecule has 0 radical (unpaired) electrons. The standard InChI is InChI=1S/C21H21F3N2O6S/c1-14(19(27)25-17-6-3-5-16(13-17)21(22,23)24)32-20(28)15-4-2-7-18(12-15)33(29,30)26-8-10-31-11-9-26/h2-7,12-14H,8-11H2,1H3,(H,25,27). The molecule has 2 aromatic carbocycles. The lowest BCUT2D eigenvalue weighted by atomic mass is 10.2. The molecule has 3 rings (SSSR count). The normalized spacial score (nSPS) is 16.1. The zero-order chi connectivity index (χ0) is 24.2. The molecule has 1 aliphatic heterocycles. The molecule has 0 bridgehead atoms. The predicted octanol–water partition coefficient (Wildman–Crippen LogP) is 2.91. The number of nitrogens with zero attached hydrogens (tertiary/aromatic N) is 1. The zero-order valence-electron chi connectivity index (χ0n) is 17.5. The Morgan fingerprint density at radius 1 is 1.09 bits per heavy atom. The van der Waals surface area contributed by atoms with Crippen molar-refractivity contribution in [1.82, 2.24) is 4.31 Å². The van der Waals surface area contributed by atoms with Crippen molar-refractivity contribution < 1.29 is 40.7 Å². The highest BCUT2D eigenvalue weighted by Gasteiger charge is 2.31. The number of alkyl halides is 3. The Morgan fingerprint density at radius 3 is 2.42 bits per heavy atom. The van der Waals surface area contributed by atoms with Crippen molar-refractivity contribution in [2.45, 2.75) is 24.1 Å². The molecule has 1 aliphatic rings. The first-order valence-corrected chi connectivity index (χ1v) is 11.3. The van der Waals surface area contributed by atoms with Gasteiger partial charge in [0.25, 0.3) is 5.91 Å². The van der Waals surface area contributed by atoms with Crippen LogP contribution in [0.1, 0.15) is 22.8 Å². The highest BCUT2D eigenvalue weighted by atomic mass is 32.2. The van der Waals surface area contributed by atoms with E-state index in [9.17, 15) is 31.2 Å². The van der Waals surface area contributed by atoms with Crippen LogP contribution in [0.2, 0.25) is 0 Å². The van der Waals surface area contributed by atoms with Gasteiger partial charge in [-0.1, -0.05) is 12.1 Å². The van der Waals surface area contributed by atoms with Gasteiger partial charge in [0, 0.05) is 18.8 Å². The van der Waals surface area contributed by atoms with Crippen LogP contribution in [0.4, 0.5) is 18.9 Å². The summed E-state index contributed by atoms with van der Waals surface area (Å²) in [5.74, 6) is -1.81. The topological polar surface area (TPSA) is 102 Å². The second-order valence-corrected chi connectivity index (χ2v) is 9.10. The maximum Gasteiger partial charge on any atom is 0.416 e. The molecule has 0 aromatic heterocycles. The van der Waals surface area contributed by atoms with Crippen LogP contribution in [0, 0.1) is 0 Å². The molecule has 1 heterocycles. The molecule has 2 aromatic rings. The molecule has 1 amide bonds. The quantitative estimate of drug-likeness (QED) is 0.630. The van der Waals surface area contributed by atoms with Gasteiger partial charge in [0.1, 0.15) is 0 Å². The van der Waals surface area contributed by atoms with Gasteiger partial charge < -0.3 is 14.8 Å². The number of hydrogen-bond donors (Lipinski definition) is 1. The molecule has 1 atom stereocenters. The van der Waals surface area contributed by atoms with Crippen molar-refractivity contribution in [2.75, 3.05) is 31.6 Å². The molecular weight excluding hydrogens is 465 g/mol. The lowest BCUT2D eigenvalue weighted by molar-refractivity contribution is -0.137. The predicted molar refractivity (Wildman–Crippen MR) is 111 cm³/mol. The third kappa shape index (κ3) is 6.09. The Kier molecular flexibility index (Phi) is 7.40. The van der Waals surface area contributed by atoms with Gasteiger partial charge in [0.05, 0.1) is 29.2 Å². The third-order valence-corrected chi connectivity index (χ3v) is 6.68. The maximum atomic E-state index is 12.8. The molecule has 12 heteroatoms. The summed E-state index contributed by atoms with van der Waals surface area (Å²) in [6.45, 7) is 2.14. The van der Waals surface area contributed by atoms with Gasteiger partial charge in [-0.2, -0.15) is 17.5 Å². The molecule has 8 nitrogen and oxygen atoms in total. The lowest BCUT2D eigenvalue weighted by Crippen LogP contribution is -2.40. The SMILES string of the molecule is CC(OC(=O)c1cccc(S(=O)(=O)N2CCOCC2)c1)C(=O)Nc1cccc(C(F)(F)F)c1. The fourth-order valence-corrected chi connectivity index (χ4v) is 4.47. The molecule has 178 valence electrons. The molecule has 0 saturated carbocycles. The first-order chi connectivity index (χ1) is 15.5. The maximum absolute atomic E-state index is 12.8. The fraction of sp³-hybridized carbons (Fsp3) is 0.333. The van der Waals surface area contributed by atoms with Crippen LogP contribution < -0.4 is 5.32 Å². The number of ether oxygens (including phenoxy) is 2. The minimum absolute atomic E-state index is 0.0944. The second-order valence-electron chi connectivity index (χ2n) is 7.16. The number of amides is 1. The van der Waals surface area contributed by atoms with Gasteiger partial charge in [-0.05, 0) is 43.3 Å². The number of carbonyl (C=O) groups is 2. The molecule has 0 spiro atoms. The number of benzene rings is 2. The minimum Gasteiger partial charge on any atom is -0.449 e. The van der Waals surface area contributed by atoms with Gasteiger partial charge >= 0.3 is 12.1 Å². The Hall–Kier alpha value is -2.96. The summed E-state index contributed by atoms with van der Waals surface area (Å²) in [7, 11) is -3.85. The zero-order valence-corrected chi connectivity index (χ0v) is 18.3. The molecule has 33 heavy (non-hydrogen) atoms. The number of hydrogen-bond acceptors (Lipinski definition) is 6. The molecule has 1 fully saturated rings. The van der Waals surface area contributed by atoms with E-state index in [1.165, 1.54) is 35.5 Å². The van der Waals surface area contributed by atoms with Crippen LogP contribution in [0.15, 0.2) is 53.4 Å². The Labute approximate surface area is 188 Å². The fourth-order valence-electron chi connectivity index (χ4n) is 3.02. The molecular formula is C21H21F3N2O6S. The van der Waals surface area contributed by atoms with Gasteiger partial charge in [0.2, 0.25) is 10.0 Å². The summed E-state index contributed by atoms with van der Waals surface area (Å²) >= 11 is 0. The monoisotopic (exact) mass is 486 g/mol. The van der Waals surface area contributed by atoms with E-state index in [0.29, 0.717) is 0 Å². The summed E-state index contributed by atoms with van der Waals surface area (Å²) in [6, 6.07) is 9.20. The number of sulfonamides is 1. The average molecular weight is 486 g/mol. The Morgan fingerprint density at radius 2 is 1.76 bits per heavy atom. The molecule has 1 unspecified atom stereocenters. The summed E-state index contributed by atoms with van der Waals surface area (Å²) < 4.78 is 75.5. The smallest absolute Gasteiger partial charge is 0.416 e. The summed E-state index contributed by atoms with van der Waals surface area (Å²) in [5, 5.41) is 2.26. The molecule has 0 aliphatic carbocycles. The van der Waals surface area contributed by atoms with E-state index in [2.05, 4.69) is 5.32 Å². The number of carbonyl (C=O) groups excluding carboxylic acids is 2. The lowest BCUT2D eigenvalue weighted by Gasteiger charge is -2.26. The van der Waals surface area contributed by atoms with Crippen molar-refractivity contribution in [3.05, 3.63) is 59.7 Å². The van der Waals surface area contributed by atoms with Crippen molar-refractivity contribution in [3.63, 3.8) is 0 Å². The Balaban J connectivity index is 1.67. The first kappa shape index (κ1) is 24.7. The van der Waals surface area contributed by atoms with Crippen LogP contribution in [-0.4, -0.2) is 57.0 Å². The number of morpholine rings is 1. The van der Waals surface area contributed by atoms with Crippen LogP contribution >= 0.6 is 0 Å². The number of esters is 1. The van der Waals surface area contributed by atoms with E-state index in [-0.39, 0.29) is 42.4 Å². The number of halogens is 3. The van der Waals surface area contributed by atoms with Crippen molar-refractivity contribution >= 4 is 27.6 Å². The van der Waals surface area contributed by atoms with E-state index in [1.807, 2.05) is 0 Å². The van der Waals surface area contributed by atoms with E-state index in [0.717, 1.165) is 24.3 Å². The van der Waals surface area contributed by atoms with Crippen molar-refractivity contribution in [2.24, 2.45) is 0 Å². The first-order valence-electron chi connectivity index (χ1n) is 9.85. The minimum atomic E-state index is -4.58. The van der Waals surface area contributed by atoms with E-state index in [1.54, 1.807) is 0 Å². The highest BCUT2D eigenvalue weighted by molar-refractivity contribution is 7.89. The largest absolute Gasteiger partial charge is 0.449 e. The van der Waals surface area contributed by atoms with Gasteiger partial charge in [-0.25, -0.2) is 13.2 Å². The van der Waals surface area contributed by atoms with Crippen LogP contribution in [-0.2, 0) is 30.5 Å². The van der Waals surface area contributed by atoms with Crippen molar-refractivity contribution in [3.8, 4) is 0 Å². The summed E-state index contributed by atoms with van der Waals surface area (Å²) in [5.41, 5.74) is -1.15. The highest BCUT2D eigenvalue weighted by Crippen LogP contribution is 2.30. The third-order valence-electron chi connectivity index (χ3n) is 4.79. The van der Waals surface area contributed by atoms with Gasteiger partial charge in [0.15, 0.2) is 6.10 Å². The Bertz CT molecular complexity index is 1130. The van der Waals surface area contributed by atoms with E-state index >= 15 is 0 Å². The number of rotatable bonds is 6. The number of anilines is 1. The number of nitrogens with one attached hydrogen (secondary N) is 1. The van der Waals surface area contributed by atoms with Gasteiger partial charge in [-0.15, -0.1) is 0 Å². The average Bonchev–Trinajstić information content (AvgIpc) is 2.79. The van der Waals surface area contributed by atoms with Crippen molar-refractivity contribution in [1.29, 1.82) is 0 Å². The van der Waals surface area contributed by atoms with Crippen LogP contribution in [0.25, 0.3) is 0 Å². The molecule has 1 saturated heterocycles. The van der Waals surface area contributed by atoms with E-state index < -0.39 is 39.7 Å². The summed E-state index contributed by atoms with van der Waals surface area (Å²) in [6.07, 6.45) is -5.93. The summed E-state index contributed by atoms with van der Waals surface area (Å²) in [4.78, 5) is 24.7. The van der Waals surface area contributed by atoms with Crippen LogP contribution in [0.5, 0.6) is 0 Å². The molecule has 1 N–H and O–H groups in total. The second kappa shape index (κ2) is 9.89. The van der Waals surface area contributed by atoms with E-state index in [4.69, 9.17) is 9.47 Å².